The normalized spacial score (nSPS) is 45.7. The zero-order valence-electron chi connectivity index (χ0n) is 15.4. The van der Waals surface area contributed by atoms with Gasteiger partial charge in [-0.15, -0.1) is 0 Å². The van der Waals surface area contributed by atoms with E-state index in [0.29, 0.717) is 12.3 Å². The van der Waals surface area contributed by atoms with Crippen LogP contribution in [0.2, 0.25) is 0 Å². The molecule has 0 aromatic rings. The summed E-state index contributed by atoms with van der Waals surface area (Å²) in [4.78, 5) is 23.6. The fourth-order valence-electron chi connectivity index (χ4n) is 6.37. The fraction of sp³-hybridized carbons (Fsp3) is 0.714. The molecule has 1 unspecified atom stereocenters. The Morgan fingerprint density at radius 2 is 1.96 bits per heavy atom. The van der Waals surface area contributed by atoms with E-state index in [1.54, 1.807) is 6.08 Å². The molecule has 4 heteroatoms. The van der Waals surface area contributed by atoms with E-state index in [0.717, 1.165) is 31.3 Å². The molecule has 4 aliphatic carbocycles. The lowest BCUT2D eigenvalue weighted by molar-refractivity contribution is -0.141. The maximum absolute atomic E-state index is 16.6. The lowest BCUT2D eigenvalue weighted by atomic mass is 9.47. The lowest BCUT2D eigenvalue weighted by Crippen LogP contribution is -2.59. The highest BCUT2D eigenvalue weighted by Crippen LogP contribution is 2.67. The number of hydrogen-bond acceptors (Lipinski definition) is 3. The Morgan fingerprint density at radius 1 is 1.20 bits per heavy atom. The summed E-state index contributed by atoms with van der Waals surface area (Å²) >= 11 is 0. The first-order chi connectivity index (χ1) is 11.7. The van der Waals surface area contributed by atoms with E-state index in [2.05, 4.69) is 6.92 Å². The van der Waals surface area contributed by atoms with Gasteiger partial charge in [-0.1, -0.05) is 18.9 Å². The van der Waals surface area contributed by atoms with Crippen LogP contribution < -0.4 is 0 Å². The predicted molar refractivity (Wildman–Crippen MR) is 92.3 cm³/mol. The molecule has 5 atom stereocenters. The molecular formula is C21H27FO3. The minimum atomic E-state index is -1.36. The summed E-state index contributed by atoms with van der Waals surface area (Å²) in [6.07, 6.45) is 9.67. The topological polar surface area (TPSA) is 43.4 Å². The monoisotopic (exact) mass is 346 g/mol. The van der Waals surface area contributed by atoms with Gasteiger partial charge in [0.2, 0.25) is 5.78 Å². The quantitative estimate of drug-likeness (QED) is 0.648. The maximum Gasteiger partial charge on any atom is 0.308 e. The summed E-state index contributed by atoms with van der Waals surface area (Å²) in [6, 6.07) is 0. The third kappa shape index (κ3) is 2.22. The minimum absolute atomic E-state index is 0.00354. The van der Waals surface area contributed by atoms with Crippen LogP contribution in [0.25, 0.3) is 0 Å². The molecule has 0 spiro atoms. The third-order valence-electron chi connectivity index (χ3n) is 7.77. The van der Waals surface area contributed by atoms with Gasteiger partial charge in [-0.05, 0) is 74.9 Å². The van der Waals surface area contributed by atoms with E-state index >= 15 is 4.39 Å². The summed E-state index contributed by atoms with van der Waals surface area (Å²) < 4.78 is 21.8. The average Bonchev–Trinajstić information content (AvgIpc) is 2.91. The summed E-state index contributed by atoms with van der Waals surface area (Å²) in [6.45, 7) is 5.51. The molecule has 4 rings (SSSR count). The Labute approximate surface area is 148 Å². The molecular weight excluding hydrogens is 319 g/mol. The van der Waals surface area contributed by atoms with E-state index in [9.17, 15) is 9.59 Å². The standard InChI is InChI=1S/C21H27FO3/c1-13(23)25-18-12-20(3)14(11-17(18)24)6-7-16-15-5-4-8-19(15,2)9-10-21(16,20)22/h11-12,15-16H,4-10H2,1-3H3/t15-,16-,19-,20-,21?/m0/s1. The van der Waals surface area contributed by atoms with Crippen molar-refractivity contribution in [2.75, 3.05) is 0 Å². The second-order valence-electron chi connectivity index (χ2n) is 9.00. The lowest BCUT2D eigenvalue weighted by Gasteiger charge is -2.59. The van der Waals surface area contributed by atoms with E-state index in [1.165, 1.54) is 25.8 Å². The second kappa shape index (κ2) is 5.28. The van der Waals surface area contributed by atoms with Gasteiger partial charge in [0.25, 0.3) is 0 Å². The van der Waals surface area contributed by atoms with Crippen LogP contribution in [0.3, 0.4) is 0 Å². The highest BCUT2D eigenvalue weighted by atomic mass is 19.1. The van der Waals surface area contributed by atoms with Gasteiger partial charge >= 0.3 is 5.97 Å². The molecule has 25 heavy (non-hydrogen) atoms. The molecule has 0 amide bonds. The number of allylic oxidation sites excluding steroid dienone is 3. The largest absolute Gasteiger partial charge is 0.423 e. The smallest absolute Gasteiger partial charge is 0.308 e. The van der Waals surface area contributed by atoms with Gasteiger partial charge in [-0.3, -0.25) is 9.59 Å². The molecule has 0 radical (unpaired) electrons. The van der Waals surface area contributed by atoms with Crippen molar-refractivity contribution in [3.05, 3.63) is 23.5 Å². The number of carbonyl (C=O) groups is 2. The number of hydrogen-bond donors (Lipinski definition) is 0. The summed E-state index contributed by atoms with van der Waals surface area (Å²) in [5, 5.41) is 0. The molecule has 0 saturated heterocycles. The molecule has 3 nitrogen and oxygen atoms in total. The zero-order valence-corrected chi connectivity index (χ0v) is 15.4. The number of halogens is 1. The molecule has 0 aromatic carbocycles. The summed E-state index contributed by atoms with van der Waals surface area (Å²) in [5.41, 5.74) is -1.07. The molecule has 0 heterocycles. The average molecular weight is 346 g/mol. The van der Waals surface area contributed by atoms with Crippen LogP contribution in [-0.2, 0) is 14.3 Å². The number of ether oxygens (including phenoxy) is 1. The number of esters is 1. The highest BCUT2D eigenvalue weighted by Gasteiger charge is 2.65. The van der Waals surface area contributed by atoms with Crippen molar-refractivity contribution in [3.63, 3.8) is 0 Å². The Balaban J connectivity index is 1.77. The van der Waals surface area contributed by atoms with Crippen LogP contribution in [0.15, 0.2) is 23.5 Å². The van der Waals surface area contributed by atoms with Gasteiger partial charge in [-0.2, -0.15) is 0 Å². The van der Waals surface area contributed by atoms with Crippen molar-refractivity contribution < 1.29 is 18.7 Å². The molecule has 3 saturated carbocycles. The number of fused-ring (bicyclic) bond motifs is 5. The van der Waals surface area contributed by atoms with Crippen molar-refractivity contribution in [3.8, 4) is 0 Å². The third-order valence-corrected chi connectivity index (χ3v) is 7.77. The molecule has 4 aliphatic rings. The SMILES string of the molecule is CC(=O)OC1=C[C@@]2(C)C(=CC1=O)CC[C@H]1[C@@H]3CCC[C@@]3(C)CCC12F. The van der Waals surface area contributed by atoms with E-state index in [-0.39, 0.29) is 22.9 Å². The molecule has 0 aromatic heterocycles. The van der Waals surface area contributed by atoms with Gasteiger partial charge in [0.1, 0.15) is 5.67 Å². The van der Waals surface area contributed by atoms with Crippen molar-refractivity contribution in [1.29, 1.82) is 0 Å². The van der Waals surface area contributed by atoms with Gasteiger partial charge in [0.05, 0.1) is 0 Å². The van der Waals surface area contributed by atoms with Crippen LogP contribution in [-0.4, -0.2) is 17.4 Å². The fourth-order valence-corrected chi connectivity index (χ4v) is 6.37. The maximum atomic E-state index is 16.6. The van der Waals surface area contributed by atoms with Crippen LogP contribution in [0, 0.1) is 22.7 Å². The van der Waals surface area contributed by atoms with Gasteiger partial charge in [0.15, 0.2) is 5.76 Å². The number of alkyl halides is 1. The van der Waals surface area contributed by atoms with Gasteiger partial charge < -0.3 is 4.74 Å². The number of rotatable bonds is 1. The zero-order chi connectivity index (χ0) is 18.0. The van der Waals surface area contributed by atoms with Crippen LogP contribution >= 0.6 is 0 Å². The van der Waals surface area contributed by atoms with Crippen molar-refractivity contribution in [2.45, 2.75) is 71.4 Å². The van der Waals surface area contributed by atoms with Gasteiger partial charge in [0, 0.05) is 12.3 Å². The summed E-state index contributed by atoms with van der Waals surface area (Å²) in [5.74, 6) is -0.401. The Hall–Kier alpha value is -1.45. The van der Waals surface area contributed by atoms with Crippen LogP contribution in [0.1, 0.15) is 65.7 Å². The van der Waals surface area contributed by atoms with Crippen molar-refractivity contribution in [1.82, 2.24) is 0 Å². The van der Waals surface area contributed by atoms with E-state index < -0.39 is 17.1 Å². The van der Waals surface area contributed by atoms with Crippen molar-refractivity contribution >= 4 is 11.8 Å². The summed E-state index contributed by atoms with van der Waals surface area (Å²) in [7, 11) is 0. The first-order valence-electron chi connectivity index (χ1n) is 9.55. The number of ketones is 1. The Morgan fingerprint density at radius 3 is 2.68 bits per heavy atom. The van der Waals surface area contributed by atoms with E-state index in [4.69, 9.17) is 4.74 Å². The highest BCUT2D eigenvalue weighted by molar-refractivity contribution is 6.05. The molecule has 0 bridgehead atoms. The molecule has 0 aliphatic heterocycles. The van der Waals surface area contributed by atoms with Crippen LogP contribution in [0.5, 0.6) is 0 Å². The molecule has 136 valence electrons. The first-order valence-corrected chi connectivity index (χ1v) is 9.55. The second-order valence-corrected chi connectivity index (χ2v) is 9.00. The van der Waals surface area contributed by atoms with Gasteiger partial charge in [-0.25, -0.2) is 4.39 Å². The first kappa shape index (κ1) is 17.0. The Bertz CT molecular complexity index is 708. The Kier molecular flexibility index (Phi) is 3.59. The van der Waals surface area contributed by atoms with Crippen LogP contribution in [0.4, 0.5) is 4.39 Å². The van der Waals surface area contributed by atoms with Crippen molar-refractivity contribution in [2.24, 2.45) is 22.7 Å². The predicted octanol–water partition coefficient (Wildman–Crippen LogP) is 4.67. The number of carbonyl (C=O) groups excluding carboxylic acids is 2. The minimum Gasteiger partial charge on any atom is -0.423 e. The molecule has 3 fully saturated rings. The van der Waals surface area contributed by atoms with E-state index in [1.807, 2.05) is 6.92 Å². The molecule has 0 N–H and O–H groups in total.